The van der Waals surface area contributed by atoms with Crippen molar-refractivity contribution in [3.63, 3.8) is 0 Å². The van der Waals surface area contributed by atoms with E-state index in [4.69, 9.17) is 5.73 Å². The largest absolute Gasteiger partial charge is 0.363 e. The minimum absolute atomic E-state index is 0.239. The van der Waals surface area contributed by atoms with Crippen LogP contribution in [0.1, 0.15) is 44.3 Å². The van der Waals surface area contributed by atoms with Crippen molar-refractivity contribution in [3.05, 3.63) is 24.0 Å². The van der Waals surface area contributed by atoms with E-state index in [1.165, 1.54) is 0 Å². The van der Waals surface area contributed by atoms with Crippen LogP contribution in [0, 0.1) is 5.92 Å². The number of aromatic amines is 1. The molecule has 100 valence electrons. The van der Waals surface area contributed by atoms with Crippen LogP contribution >= 0.6 is 0 Å². The molecule has 0 aromatic carbocycles. The minimum Gasteiger partial charge on any atom is -0.363 e. The number of nitrogens with zero attached hydrogens (tertiary/aromatic N) is 1. The molecule has 1 aromatic heterocycles. The number of nitrogens with one attached hydrogen (secondary N) is 1. The fraction of sp³-hybridized carbons (Fsp3) is 0.643. The molecule has 0 radical (unpaired) electrons. The maximum Gasteiger partial charge on any atom is 0.223 e. The lowest BCUT2D eigenvalue weighted by Crippen LogP contribution is -2.33. The highest BCUT2D eigenvalue weighted by Gasteiger charge is 2.30. The molecule has 1 aromatic rings. The number of carbonyl (C=O) groups excluding carboxylic acids is 1. The van der Waals surface area contributed by atoms with Crippen molar-refractivity contribution in [1.82, 2.24) is 9.88 Å². The van der Waals surface area contributed by atoms with Gasteiger partial charge in [-0.1, -0.05) is 13.3 Å². The molecular weight excluding hydrogens is 226 g/mol. The first-order valence-electron chi connectivity index (χ1n) is 6.89. The molecule has 1 aliphatic rings. The van der Waals surface area contributed by atoms with E-state index in [9.17, 15) is 4.79 Å². The second-order valence-corrected chi connectivity index (χ2v) is 5.08. The molecule has 2 atom stereocenters. The van der Waals surface area contributed by atoms with Gasteiger partial charge < -0.3 is 15.6 Å². The van der Waals surface area contributed by atoms with Crippen LogP contribution in [0.3, 0.4) is 0 Å². The fourth-order valence-electron chi connectivity index (χ4n) is 2.70. The van der Waals surface area contributed by atoms with Crippen LogP contribution in [0.5, 0.6) is 0 Å². The smallest absolute Gasteiger partial charge is 0.223 e. The summed E-state index contributed by atoms with van der Waals surface area (Å²) in [6.45, 7) is 3.57. The number of hydrogen-bond acceptors (Lipinski definition) is 2. The second kappa shape index (κ2) is 6.05. The summed E-state index contributed by atoms with van der Waals surface area (Å²) in [4.78, 5) is 17.6. The second-order valence-electron chi connectivity index (χ2n) is 5.08. The van der Waals surface area contributed by atoms with E-state index >= 15 is 0 Å². The van der Waals surface area contributed by atoms with Gasteiger partial charge in [-0.25, -0.2) is 0 Å². The van der Waals surface area contributed by atoms with E-state index in [0.717, 1.165) is 31.5 Å². The molecule has 4 nitrogen and oxygen atoms in total. The van der Waals surface area contributed by atoms with E-state index < -0.39 is 0 Å². The maximum absolute atomic E-state index is 12.3. The molecule has 0 aliphatic carbocycles. The molecule has 1 amide bonds. The van der Waals surface area contributed by atoms with Gasteiger partial charge in [-0.15, -0.1) is 0 Å². The van der Waals surface area contributed by atoms with Gasteiger partial charge in [0.05, 0.1) is 6.04 Å². The van der Waals surface area contributed by atoms with Gasteiger partial charge in [0, 0.05) is 24.9 Å². The predicted octanol–water partition coefficient (Wildman–Crippen LogP) is 2.05. The van der Waals surface area contributed by atoms with E-state index in [1.807, 2.05) is 17.2 Å². The number of carbonyl (C=O) groups is 1. The topological polar surface area (TPSA) is 62.1 Å². The van der Waals surface area contributed by atoms with Gasteiger partial charge >= 0.3 is 0 Å². The van der Waals surface area contributed by atoms with Gasteiger partial charge in [0.1, 0.15) is 0 Å². The Morgan fingerprint density at radius 3 is 3.11 bits per heavy atom. The first kappa shape index (κ1) is 13.1. The zero-order chi connectivity index (χ0) is 13.0. The van der Waals surface area contributed by atoms with Gasteiger partial charge in [-0.05, 0) is 37.4 Å². The monoisotopic (exact) mass is 249 g/mol. The summed E-state index contributed by atoms with van der Waals surface area (Å²) in [6.07, 6.45) is 5.64. The zero-order valence-electron chi connectivity index (χ0n) is 11.1. The number of H-pyrrole nitrogens is 1. The molecule has 0 bridgehead atoms. The number of rotatable bonds is 5. The number of likely N-dealkylation sites (tertiary alicyclic amines) is 1. The van der Waals surface area contributed by atoms with Gasteiger partial charge in [0.2, 0.25) is 5.91 Å². The summed E-state index contributed by atoms with van der Waals surface area (Å²) in [5, 5.41) is 0. The van der Waals surface area contributed by atoms with E-state index in [1.54, 1.807) is 0 Å². The lowest BCUT2D eigenvalue weighted by molar-refractivity contribution is -0.133. The first-order chi connectivity index (χ1) is 8.76. The van der Waals surface area contributed by atoms with Gasteiger partial charge in [0.25, 0.3) is 0 Å². The van der Waals surface area contributed by atoms with Crippen molar-refractivity contribution in [2.24, 2.45) is 11.7 Å². The van der Waals surface area contributed by atoms with Crippen LogP contribution in [0.25, 0.3) is 0 Å². The van der Waals surface area contributed by atoms with Crippen molar-refractivity contribution in [2.75, 3.05) is 13.1 Å². The molecule has 1 saturated heterocycles. The molecule has 18 heavy (non-hydrogen) atoms. The molecule has 0 saturated carbocycles. The molecule has 1 aliphatic heterocycles. The minimum atomic E-state index is 0.239. The number of aromatic nitrogens is 1. The summed E-state index contributed by atoms with van der Waals surface area (Å²) < 4.78 is 0. The average molecular weight is 249 g/mol. The Morgan fingerprint density at radius 2 is 2.50 bits per heavy atom. The summed E-state index contributed by atoms with van der Waals surface area (Å²) >= 11 is 0. The number of nitrogens with two attached hydrogens (primary N) is 1. The Kier molecular flexibility index (Phi) is 4.42. The van der Waals surface area contributed by atoms with Crippen molar-refractivity contribution < 1.29 is 4.79 Å². The quantitative estimate of drug-likeness (QED) is 0.839. The highest BCUT2D eigenvalue weighted by molar-refractivity contribution is 5.77. The lowest BCUT2D eigenvalue weighted by atomic mass is 10.0. The fourth-order valence-corrected chi connectivity index (χ4v) is 2.70. The molecule has 2 unspecified atom stereocenters. The van der Waals surface area contributed by atoms with E-state index in [0.29, 0.717) is 18.9 Å². The average Bonchev–Trinajstić information content (AvgIpc) is 3.04. The Bertz CT molecular complexity index is 370. The molecular formula is C14H23N3O. The molecule has 1 fully saturated rings. The summed E-state index contributed by atoms with van der Waals surface area (Å²) in [5.74, 6) is 0.576. The highest BCUT2D eigenvalue weighted by atomic mass is 16.2. The van der Waals surface area contributed by atoms with Crippen LogP contribution in [0.2, 0.25) is 0 Å². The summed E-state index contributed by atoms with van der Waals surface area (Å²) in [6, 6.07) is 4.30. The Hall–Kier alpha value is -1.29. The Balaban J connectivity index is 2.01. The van der Waals surface area contributed by atoms with Crippen LogP contribution in [0.4, 0.5) is 0 Å². The summed E-state index contributed by atoms with van der Waals surface area (Å²) in [7, 11) is 0. The lowest BCUT2D eigenvalue weighted by Gasteiger charge is -2.25. The SMILES string of the molecule is CCC(CN)CC(=O)N1CCCC1c1ccc[nH]1. The van der Waals surface area contributed by atoms with Crippen molar-refractivity contribution in [1.29, 1.82) is 0 Å². The maximum atomic E-state index is 12.3. The highest BCUT2D eigenvalue weighted by Crippen LogP contribution is 2.31. The van der Waals surface area contributed by atoms with Crippen LogP contribution in [0.15, 0.2) is 18.3 Å². The van der Waals surface area contributed by atoms with Crippen molar-refractivity contribution in [3.8, 4) is 0 Å². The third-order valence-electron chi connectivity index (χ3n) is 3.93. The van der Waals surface area contributed by atoms with Crippen LogP contribution in [-0.2, 0) is 4.79 Å². The van der Waals surface area contributed by atoms with Crippen molar-refractivity contribution in [2.45, 2.75) is 38.6 Å². The molecule has 2 heterocycles. The normalized spacial score (nSPS) is 21.2. The summed E-state index contributed by atoms with van der Waals surface area (Å²) in [5.41, 5.74) is 6.84. The Morgan fingerprint density at radius 1 is 1.67 bits per heavy atom. The zero-order valence-corrected chi connectivity index (χ0v) is 11.1. The molecule has 4 heteroatoms. The van der Waals surface area contributed by atoms with E-state index in [-0.39, 0.29) is 11.9 Å². The molecule has 2 rings (SSSR count). The Labute approximate surface area is 109 Å². The number of hydrogen-bond donors (Lipinski definition) is 2. The first-order valence-corrected chi connectivity index (χ1v) is 6.89. The molecule has 0 spiro atoms. The number of amides is 1. The predicted molar refractivity (Wildman–Crippen MR) is 71.9 cm³/mol. The van der Waals surface area contributed by atoms with Gasteiger partial charge in [-0.2, -0.15) is 0 Å². The van der Waals surface area contributed by atoms with Crippen molar-refractivity contribution >= 4 is 5.91 Å². The van der Waals surface area contributed by atoms with Gasteiger partial charge in [-0.3, -0.25) is 4.79 Å². The third kappa shape index (κ3) is 2.75. The third-order valence-corrected chi connectivity index (χ3v) is 3.93. The van der Waals surface area contributed by atoms with Crippen LogP contribution in [-0.4, -0.2) is 28.9 Å². The standard InChI is InChI=1S/C14H23N3O/c1-2-11(10-15)9-14(18)17-8-4-6-13(17)12-5-3-7-16-12/h3,5,7,11,13,16H,2,4,6,8-10,15H2,1H3. The molecule has 3 N–H and O–H groups in total. The van der Waals surface area contributed by atoms with E-state index in [2.05, 4.69) is 18.0 Å². The van der Waals surface area contributed by atoms with Crippen LogP contribution < -0.4 is 5.73 Å². The van der Waals surface area contributed by atoms with Gasteiger partial charge in [0.15, 0.2) is 0 Å².